The maximum atomic E-state index is 13.7. The largest absolute Gasteiger partial charge is 0.496 e. The first-order chi connectivity index (χ1) is 14.1. The molecule has 3 atom stereocenters. The van der Waals surface area contributed by atoms with Crippen LogP contribution in [0, 0.1) is 5.92 Å². The molecule has 0 fully saturated rings. The van der Waals surface area contributed by atoms with Gasteiger partial charge < -0.3 is 9.53 Å². The zero-order valence-electron chi connectivity index (χ0n) is 16.7. The second kappa shape index (κ2) is 8.04. The molecule has 0 amide bonds. The van der Waals surface area contributed by atoms with Crippen molar-refractivity contribution in [2.45, 2.75) is 25.2 Å². The van der Waals surface area contributed by atoms with Crippen LogP contribution in [0.1, 0.15) is 52.2 Å². The summed E-state index contributed by atoms with van der Waals surface area (Å²) in [6, 6.07) is 25.4. The Kier molecular flexibility index (Phi) is 5.30. The number of fused-ring (bicyclic) bond motifs is 1. The standard InChI is InChI=1S/C26H24O3/c1-17(27)16-22-19-12-6-7-13-20(19)24(21-14-8-9-15-23(21)29-2)25(22)26(28)18-10-4-3-5-11-18/h3-15,22,24-25H,16H2,1-2H3/t22-,24-,25+/m1/s1. The Morgan fingerprint density at radius 2 is 1.38 bits per heavy atom. The first kappa shape index (κ1) is 19.1. The lowest BCUT2D eigenvalue weighted by atomic mass is 9.76. The minimum Gasteiger partial charge on any atom is -0.496 e. The number of para-hydroxylation sites is 1. The SMILES string of the molecule is COc1ccccc1[C@H]1c2ccccc2[C@@H](CC(C)=O)[C@@H]1C(=O)c1ccccc1. The van der Waals surface area contributed by atoms with Gasteiger partial charge in [-0.1, -0.05) is 72.8 Å². The number of Topliss-reactive ketones (excluding diaryl/α,β-unsaturated/α-hetero) is 2. The van der Waals surface area contributed by atoms with Crippen molar-refractivity contribution < 1.29 is 14.3 Å². The van der Waals surface area contributed by atoms with Crippen molar-refractivity contribution in [3.05, 3.63) is 101 Å². The number of ketones is 2. The Morgan fingerprint density at radius 1 is 0.793 bits per heavy atom. The van der Waals surface area contributed by atoms with Crippen LogP contribution in [0.4, 0.5) is 0 Å². The molecule has 0 saturated carbocycles. The minimum absolute atomic E-state index is 0.0731. The van der Waals surface area contributed by atoms with Crippen molar-refractivity contribution in [3.63, 3.8) is 0 Å². The molecule has 0 spiro atoms. The molecule has 0 unspecified atom stereocenters. The van der Waals surface area contributed by atoms with E-state index >= 15 is 0 Å². The number of carbonyl (C=O) groups is 2. The summed E-state index contributed by atoms with van der Waals surface area (Å²) in [5.74, 6) is 0.280. The molecule has 0 saturated heterocycles. The zero-order valence-corrected chi connectivity index (χ0v) is 16.7. The van der Waals surface area contributed by atoms with E-state index in [1.807, 2.05) is 66.7 Å². The van der Waals surface area contributed by atoms with Crippen LogP contribution in [0.25, 0.3) is 0 Å². The molecule has 3 aromatic rings. The van der Waals surface area contributed by atoms with Gasteiger partial charge >= 0.3 is 0 Å². The van der Waals surface area contributed by atoms with Gasteiger partial charge in [0.2, 0.25) is 0 Å². The first-order valence-corrected chi connectivity index (χ1v) is 9.92. The van der Waals surface area contributed by atoms with Gasteiger partial charge in [0.1, 0.15) is 11.5 Å². The third-order valence-electron chi connectivity index (χ3n) is 5.87. The van der Waals surface area contributed by atoms with Crippen LogP contribution < -0.4 is 4.74 Å². The molecule has 0 aliphatic heterocycles. The number of rotatable bonds is 6. The summed E-state index contributed by atoms with van der Waals surface area (Å²) in [6.07, 6.45) is 0.353. The van der Waals surface area contributed by atoms with Crippen molar-refractivity contribution in [2.75, 3.05) is 7.11 Å². The van der Waals surface area contributed by atoms with Gasteiger partial charge in [0.25, 0.3) is 0 Å². The maximum Gasteiger partial charge on any atom is 0.167 e. The summed E-state index contributed by atoms with van der Waals surface area (Å²) >= 11 is 0. The monoisotopic (exact) mass is 384 g/mol. The van der Waals surface area contributed by atoms with Crippen LogP contribution in [-0.2, 0) is 4.79 Å². The highest BCUT2D eigenvalue weighted by molar-refractivity contribution is 6.00. The van der Waals surface area contributed by atoms with E-state index in [1.165, 1.54) is 0 Å². The van der Waals surface area contributed by atoms with Crippen LogP contribution in [0.5, 0.6) is 5.75 Å². The smallest absolute Gasteiger partial charge is 0.167 e. The quantitative estimate of drug-likeness (QED) is 0.534. The minimum atomic E-state index is -0.352. The van der Waals surface area contributed by atoms with Crippen molar-refractivity contribution in [3.8, 4) is 5.75 Å². The van der Waals surface area contributed by atoms with Gasteiger partial charge in [0, 0.05) is 35.3 Å². The summed E-state index contributed by atoms with van der Waals surface area (Å²) in [5, 5.41) is 0. The van der Waals surface area contributed by atoms with E-state index in [4.69, 9.17) is 4.74 Å². The van der Waals surface area contributed by atoms with Crippen molar-refractivity contribution in [1.82, 2.24) is 0 Å². The molecule has 0 N–H and O–H groups in total. The van der Waals surface area contributed by atoms with E-state index < -0.39 is 0 Å². The van der Waals surface area contributed by atoms with Crippen LogP contribution in [-0.4, -0.2) is 18.7 Å². The van der Waals surface area contributed by atoms with Gasteiger partial charge in [-0.15, -0.1) is 0 Å². The van der Waals surface area contributed by atoms with Gasteiger partial charge in [-0.25, -0.2) is 0 Å². The summed E-state index contributed by atoms with van der Waals surface area (Å²) in [5.41, 5.74) is 3.87. The molecule has 3 nitrogen and oxygen atoms in total. The van der Waals surface area contributed by atoms with Gasteiger partial charge in [-0.3, -0.25) is 4.79 Å². The summed E-state index contributed by atoms with van der Waals surface area (Å²) in [7, 11) is 1.65. The molecular weight excluding hydrogens is 360 g/mol. The number of hydrogen-bond donors (Lipinski definition) is 0. The zero-order chi connectivity index (χ0) is 20.4. The molecule has 146 valence electrons. The van der Waals surface area contributed by atoms with Gasteiger partial charge in [0.15, 0.2) is 5.78 Å². The van der Waals surface area contributed by atoms with E-state index in [1.54, 1.807) is 14.0 Å². The van der Waals surface area contributed by atoms with Crippen LogP contribution in [0.2, 0.25) is 0 Å². The summed E-state index contributed by atoms with van der Waals surface area (Å²) in [4.78, 5) is 25.9. The predicted octanol–water partition coefficient (Wildman–Crippen LogP) is 5.40. The molecule has 1 aliphatic carbocycles. The van der Waals surface area contributed by atoms with Crippen LogP contribution in [0.15, 0.2) is 78.9 Å². The molecule has 0 heterocycles. The molecule has 4 rings (SSSR count). The molecule has 3 aromatic carbocycles. The first-order valence-electron chi connectivity index (χ1n) is 9.92. The fraction of sp³-hybridized carbons (Fsp3) is 0.231. The van der Waals surface area contributed by atoms with Gasteiger partial charge in [0.05, 0.1) is 7.11 Å². The van der Waals surface area contributed by atoms with Crippen LogP contribution in [0.3, 0.4) is 0 Å². The third kappa shape index (κ3) is 3.49. The highest BCUT2D eigenvalue weighted by Gasteiger charge is 2.46. The lowest BCUT2D eigenvalue weighted by Crippen LogP contribution is -2.25. The lowest BCUT2D eigenvalue weighted by Gasteiger charge is -2.26. The highest BCUT2D eigenvalue weighted by Crippen LogP contribution is 2.53. The second-order valence-corrected chi connectivity index (χ2v) is 7.62. The van der Waals surface area contributed by atoms with E-state index in [2.05, 4.69) is 12.1 Å². The Labute approximate surface area is 171 Å². The normalized spacial score (nSPS) is 20.1. The van der Waals surface area contributed by atoms with E-state index in [0.717, 1.165) is 22.4 Å². The summed E-state index contributed by atoms with van der Waals surface area (Å²) < 4.78 is 5.64. The Morgan fingerprint density at radius 3 is 2.03 bits per heavy atom. The lowest BCUT2D eigenvalue weighted by molar-refractivity contribution is -0.117. The topological polar surface area (TPSA) is 43.4 Å². The van der Waals surface area contributed by atoms with E-state index in [0.29, 0.717) is 12.0 Å². The average Bonchev–Trinajstić information content (AvgIpc) is 3.07. The molecule has 1 aliphatic rings. The fourth-order valence-corrected chi connectivity index (χ4v) is 4.71. The summed E-state index contributed by atoms with van der Waals surface area (Å²) in [6.45, 7) is 1.60. The van der Waals surface area contributed by atoms with Crippen molar-refractivity contribution in [2.24, 2.45) is 5.92 Å². The number of carbonyl (C=O) groups excluding carboxylic acids is 2. The van der Waals surface area contributed by atoms with Gasteiger partial charge in [-0.2, -0.15) is 0 Å². The molecule has 0 bridgehead atoms. The van der Waals surface area contributed by atoms with Gasteiger partial charge in [-0.05, 0) is 24.1 Å². The highest BCUT2D eigenvalue weighted by atomic mass is 16.5. The number of ether oxygens (including phenoxy) is 1. The molecule has 3 heteroatoms. The molecule has 0 radical (unpaired) electrons. The number of benzene rings is 3. The van der Waals surface area contributed by atoms with E-state index in [-0.39, 0.29) is 29.3 Å². The fourth-order valence-electron chi connectivity index (χ4n) is 4.71. The Hall–Kier alpha value is -3.20. The molecule has 29 heavy (non-hydrogen) atoms. The molecule has 0 aromatic heterocycles. The predicted molar refractivity (Wildman–Crippen MR) is 114 cm³/mol. The third-order valence-corrected chi connectivity index (χ3v) is 5.87. The second-order valence-electron chi connectivity index (χ2n) is 7.62. The Balaban J connectivity index is 1.92. The van der Waals surface area contributed by atoms with E-state index in [9.17, 15) is 9.59 Å². The van der Waals surface area contributed by atoms with Crippen molar-refractivity contribution in [1.29, 1.82) is 0 Å². The number of methoxy groups -OCH3 is 1. The average molecular weight is 384 g/mol. The number of hydrogen-bond acceptors (Lipinski definition) is 3. The van der Waals surface area contributed by atoms with Crippen molar-refractivity contribution >= 4 is 11.6 Å². The maximum absolute atomic E-state index is 13.7. The van der Waals surface area contributed by atoms with Crippen LogP contribution >= 0.6 is 0 Å². The Bertz CT molecular complexity index is 1040. The molecular formula is C26H24O3.